The van der Waals surface area contributed by atoms with Gasteiger partial charge in [-0.2, -0.15) is 5.10 Å². The predicted molar refractivity (Wildman–Crippen MR) is 119 cm³/mol. The first-order valence-electron chi connectivity index (χ1n) is 10.2. The summed E-state index contributed by atoms with van der Waals surface area (Å²) < 4.78 is 1.56. The highest BCUT2D eigenvalue weighted by Gasteiger charge is 2.50. The van der Waals surface area contributed by atoms with Gasteiger partial charge in [0.1, 0.15) is 17.9 Å². The lowest BCUT2D eigenvalue weighted by Crippen LogP contribution is -2.47. The summed E-state index contributed by atoms with van der Waals surface area (Å²) in [5, 5.41) is 10.6. The monoisotopic (exact) mass is 465 g/mol. The molecule has 1 fully saturated rings. The number of amides is 4. The molecule has 0 atom stereocenters. The van der Waals surface area contributed by atoms with E-state index in [2.05, 4.69) is 15.7 Å². The fraction of sp³-hybridized carbons (Fsp3) is 0.429. The van der Waals surface area contributed by atoms with Crippen LogP contribution < -0.4 is 10.6 Å². The molecule has 8 nitrogen and oxygen atoms in total. The lowest BCUT2D eigenvalue weighted by atomic mass is 9.88. The van der Waals surface area contributed by atoms with Crippen molar-refractivity contribution in [3.63, 3.8) is 0 Å². The molecule has 31 heavy (non-hydrogen) atoms. The van der Waals surface area contributed by atoms with Gasteiger partial charge in [0, 0.05) is 6.07 Å². The quantitative estimate of drug-likeness (QED) is 0.545. The van der Waals surface area contributed by atoms with Crippen LogP contribution in [0.1, 0.15) is 45.1 Å². The first-order chi connectivity index (χ1) is 14.8. The van der Waals surface area contributed by atoms with E-state index in [0.717, 1.165) is 23.3 Å². The lowest BCUT2D eigenvalue weighted by Gasteiger charge is -2.25. The van der Waals surface area contributed by atoms with Crippen LogP contribution in [-0.4, -0.2) is 44.6 Å². The number of hydrogen-bond donors (Lipinski definition) is 2. The maximum Gasteiger partial charge on any atom is 0.325 e. The van der Waals surface area contributed by atoms with Crippen molar-refractivity contribution in [3.05, 3.63) is 46.1 Å². The van der Waals surface area contributed by atoms with Gasteiger partial charge in [-0.15, -0.1) is 0 Å². The Bertz CT molecular complexity index is 985. The summed E-state index contributed by atoms with van der Waals surface area (Å²) in [5.41, 5.74) is -0.183. The van der Waals surface area contributed by atoms with E-state index in [1.165, 1.54) is 6.20 Å². The molecular formula is C21H25Cl2N5O3. The van der Waals surface area contributed by atoms with Gasteiger partial charge in [-0.1, -0.05) is 62.0 Å². The van der Waals surface area contributed by atoms with E-state index in [1.807, 2.05) is 19.9 Å². The molecule has 1 saturated heterocycles. The average Bonchev–Trinajstić information content (AvgIpc) is 3.24. The first kappa shape index (κ1) is 23.1. The minimum absolute atomic E-state index is 0.293. The maximum absolute atomic E-state index is 13.0. The molecule has 166 valence electrons. The molecule has 2 aromatic rings. The van der Waals surface area contributed by atoms with Crippen LogP contribution in [-0.2, 0) is 16.1 Å². The third kappa shape index (κ3) is 4.85. The van der Waals surface area contributed by atoms with Crippen molar-refractivity contribution in [1.29, 1.82) is 0 Å². The molecule has 10 heteroatoms. The molecule has 0 bridgehead atoms. The summed E-state index contributed by atoms with van der Waals surface area (Å²) in [7, 11) is 0. The molecule has 2 N–H and O–H groups in total. The third-order valence-corrected chi connectivity index (χ3v) is 6.09. The molecule has 0 saturated carbocycles. The number of urea groups is 1. The highest BCUT2D eigenvalue weighted by molar-refractivity contribution is 6.42. The van der Waals surface area contributed by atoms with Crippen molar-refractivity contribution in [3.8, 4) is 0 Å². The highest BCUT2D eigenvalue weighted by Crippen LogP contribution is 2.28. The van der Waals surface area contributed by atoms with Gasteiger partial charge < -0.3 is 10.6 Å². The number of imide groups is 1. The number of halogens is 2. The molecular weight excluding hydrogens is 441 g/mol. The van der Waals surface area contributed by atoms with Crippen molar-refractivity contribution in [1.82, 2.24) is 20.0 Å². The lowest BCUT2D eigenvalue weighted by molar-refractivity contribution is -0.134. The van der Waals surface area contributed by atoms with Gasteiger partial charge in [0.25, 0.3) is 5.91 Å². The smallest absolute Gasteiger partial charge is 0.323 e. The Balaban J connectivity index is 1.69. The summed E-state index contributed by atoms with van der Waals surface area (Å²) in [4.78, 5) is 39.0. The van der Waals surface area contributed by atoms with Crippen molar-refractivity contribution in [2.24, 2.45) is 0 Å². The van der Waals surface area contributed by atoms with E-state index >= 15 is 0 Å². The highest BCUT2D eigenvalue weighted by atomic mass is 35.5. The topological polar surface area (TPSA) is 96.3 Å². The summed E-state index contributed by atoms with van der Waals surface area (Å²) in [5.74, 6) is -0.428. The van der Waals surface area contributed by atoms with Gasteiger partial charge in [-0.3, -0.25) is 14.5 Å². The van der Waals surface area contributed by atoms with E-state index in [9.17, 15) is 14.4 Å². The maximum atomic E-state index is 13.0. The standard InChI is InChI=1S/C21H25Cl2N5O3/c1-3-9-21(10-4-2)19(30)27(20(31)26-21)13-17(29)25-16-8-11-24-28(16)12-14-6-5-7-15(22)18(14)23/h5-8,11H,3-4,9-10,12-13H2,1-2H3,(H,25,29)(H,26,31). The van der Waals surface area contributed by atoms with E-state index in [0.29, 0.717) is 35.2 Å². The fourth-order valence-corrected chi connectivity index (χ4v) is 4.24. The Morgan fingerprint density at radius 3 is 2.55 bits per heavy atom. The molecule has 0 unspecified atom stereocenters. The van der Waals surface area contributed by atoms with Crippen LogP contribution in [0.5, 0.6) is 0 Å². The molecule has 3 rings (SSSR count). The summed E-state index contributed by atoms with van der Waals surface area (Å²) in [6.45, 7) is 3.84. The van der Waals surface area contributed by atoms with Gasteiger partial charge >= 0.3 is 6.03 Å². The number of nitrogens with one attached hydrogen (secondary N) is 2. The molecule has 0 radical (unpaired) electrons. The Morgan fingerprint density at radius 2 is 1.87 bits per heavy atom. The van der Waals surface area contributed by atoms with Crippen LogP contribution >= 0.6 is 23.2 Å². The average molecular weight is 466 g/mol. The second kappa shape index (κ2) is 9.70. The second-order valence-corrected chi connectivity index (χ2v) is 8.32. The summed E-state index contributed by atoms with van der Waals surface area (Å²) >= 11 is 12.3. The SMILES string of the molecule is CCCC1(CCC)NC(=O)N(CC(=O)Nc2ccnn2Cc2cccc(Cl)c2Cl)C1=O. The van der Waals surface area contributed by atoms with Crippen molar-refractivity contribution < 1.29 is 14.4 Å². The number of benzene rings is 1. The second-order valence-electron chi connectivity index (χ2n) is 7.54. The van der Waals surface area contributed by atoms with Crippen molar-refractivity contribution in [2.45, 2.75) is 51.6 Å². The van der Waals surface area contributed by atoms with E-state index in [-0.39, 0.29) is 12.5 Å². The van der Waals surface area contributed by atoms with Gasteiger partial charge in [0.2, 0.25) is 5.91 Å². The normalized spacial score (nSPS) is 15.3. The number of hydrogen-bond acceptors (Lipinski definition) is 4. The Hall–Kier alpha value is -2.58. The Morgan fingerprint density at radius 1 is 1.16 bits per heavy atom. The van der Waals surface area contributed by atoms with Crippen LogP contribution in [0.25, 0.3) is 0 Å². The van der Waals surface area contributed by atoms with Gasteiger partial charge in [-0.05, 0) is 24.5 Å². The molecule has 1 aromatic carbocycles. The molecule has 4 amide bonds. The van der Waals surface area contributed by atoms with Gasteiger partial charge in [0.05, 0.1) is 22.8 Å². The van der Waals surface area contributed by atoms with Crippen LogP contribution in [0.3, 0.4) is 0 Å². The van der Waals surface area contributed by atoms with Crippen molar-refractivity contribution >= 4 is 46.9 Å². The molecule has 0 aliphatic carbocycles. The molecule has 0 spiro atoms. The first-order valence-corrected chi connectivity index (χ1v) is 11.0. The zero-order chi connectivity index (χ0) is 22.6. The van der Waals surface area contributed by atoms with E-state index < -0.39 is 17.5 Å². The number of anilines is 1. The third-order valence-electron chi connectivity index (χ3n) is 5.24. The van der Waals surface area contributed by atoms with Gasteiger partial charge in [0.15, 0.2) is 0 Å². The number of aromatic nitrogens is 2. The molecule has 1 aliphatic rings. The Labute approximate surface area is 190 Å². The Kier molecular flexibility index (Phi) is 7.23. The van der Waals surface area contributed by atoms with Crippen LogP contribution in [0.15, 0.2) is 30.5 Å². The molecule has 1 aliphatic heterocycles. The van der Waals surface area contributed by atoms with Crippen LogP contribution in [0.4, 0.5) is 10.6 Å². The number of nitrogens with zero attached hydrogens (tertiary/aromatic N) is 3. The zero-order valence-corrected chi connectivity index (χ0v) is 19.0. The van der Waals surface area contributed by atoms with Crippen LogP contribution in [0, 0.1) is 0 Å². The predicted octanol–water partition coefficient (Wildman–Crippen LogP) is 4.07. The number of rotatable bonds is 9. The molecule has 1 aromatic heterocycles. The minimum atomic E-state index is -0.925. The number of carbonyl (C=O) groups excluding carboxylic acids is 3. The van der Waals surface area contributed by atoms with Crippen molar-refractivity contribution in [2.75, 3.05) is 11.9 Å². The number of carbonyl (C=O) groups is 3. The molecule has 2 heterocycles. The zero-order valence-electron chi connectivity index (χ0n) is 17.5. The summed E-state index contributed by atoms with van der Waals surface area (Å²) in [6.07, 6.45) is 4.11. The minimum Gasteiger partial charge on any atom is -0.323 e. The fourth-order valence-electron chi connectivity index (χ4n) is 3.86. The summed E-state index contributed by atoms with van der Waals surface area (Å²) in [6, 6.07) is 6.37. The van der Waals surface area contributed by atoms with Gasteiger partial charge in [-0.25, -0.2) is 9.48 Å². The largest absolute Gasteiger partial charge is 0.325 e. The van der Waals surface area contributed by atoms with E-state index in [4.69, 9.17) is 23.2 Å². The van der Waals surface area contributed by atoms with E-state index in [1.54, 1.807) is 22.9 Å². The van der Waals surface area contributed by atoms with Crippen LogP contribution in [0.2, 0.25) is 10.0 Å².